The van der Waals surface area contributed by atoms with Gasteiger partial charge in [-0.3, -0.25) is 9.78 Å². The molecule has 0 aliphatic rings. The molecule has 0 saturated carbocycles. The maximum absolute atomic E-state index is 12.4. The number of aliphatic hydroxyl groups is 1. The number of hydrogen-bond donors (Lipinski definition) is 3. The van der Waals surface area contributed by atoms with Gasteiger partial charge in [0.25, 0.3) is 5.91 Å². The van der Waals surface area contributed by atoms with E-state index in [9.17, 15) is 9.90 Å². The Labute approximate surface area is 151 Å². The van der Waals surface area contributed by atoms with Gasteiger partial charge in [0, 0.05) is 23.4 Å². The maximum Gasteiger partial charge on any atom is 0.254 e. The van der Waals surface area contributed by atoms with E-state index in [2.05, 4.69) is 26.2 Å². The van der Waals surface area contributed by atoms with Gasteiger partial charge in [-0.1, -0.05) is 45.2 Å². The average Bonchev–Trinajstić information content (AvgIpc) is 2.52. The largest absolute Gasteiger partial charge is 0.394 e. The van der Waals surface area contributed by atoms with Crippen molar-refractivity contribution in [1.29, 1.82) is 0 Å². The lowest BCUT2D eigenvalue weighted by molar-refractivity contribution is 0.0916. The first-order valence-electron chi connectivity index (χ1n) is 6.67. The number of aromatic nitrogens is 1. The lowest BCUT2D eigenvalue weighted by Gasteiger charge is -2.20. The van der Waals surface area contributed by atoms with E-state index in [1.54, 1.807) is 6.07 Å². The smallest absolute Gasteiger partial charge is 0.254 e. The van der Waals surface area contributed by atoms with Crippen LogP contribution in [0.2, 0.25) is 10.0 Å². The summed E-state index contributed by atoms with van der Waals surface area (Å²) in [5.41, 5.74) is 7.40. The monoisotopic (exact) mass is 417 g/mol. The van der Waals surface area contributed by atoms with E-state index in [1.807, 2.05) is 12.1 Å². The molecule has 0 spiro atoms. The standard InChI is InChI=1S/C15H14BrCl2N3O2/c16-9-1-2-10(8(3-9)4-19)13(7-22)21-15(23)14-11(17)5-20-6-12(14)18/h1-3,5-6,13,22H,4,7,19H2,(H,21,23). The van der Waals surface area contributed by atoms with Gasteiger partial charge in [-0.05, 0) is 23.3 Å². The molecule has 122 valence electrons. The van der Waals surface area contributed by atoms with Crippen LogP contribution in [-0.2, 0) is 6.54 Å². The van der Waals surface area contributed by atoms with Crippen LogP contribution in [0.3, 0.4) is 0 Å². The summed E-state index contributed by atoms with van der Waals surface area (Å²) in [5.74, 6) is -0.493. The summed E-state index contributed by atoms with van der Waals surface area (Å²) < 4.78 is 0.866. The van der Waals surface area contributed by atoms with Gasteiger partial charge in [-0.15, -0.1) is 0 Å². The normalized spacial score (nSPS) is 12.0. The van der Waals surface area contributed by atoms with E-state index in [1.165, 1.54) is 12.4 Å². The molecule has 1 heterocycles. The first-order valence-corrected chi connectivity index (χ1v) is 8.22. The highest BCUT2D eigenvalue weighted by atomic mass is 79.9. The van der Waals surface area contributed by atoms with Crippen molar-refractivity contribution in [2.24, 2.45) is 5.73 Å². The van der Waals surface area contributed by atoms with E-state index in [0.29, 0.717) is 0 Å². The Morgan fingerprint density at radius 3 is 2.57 bits per heavy atom. The van der Waals surface area contributed by atoms with Crippen molar-refractivity contribution in [2.75, 3.05) is 6.61 Å². The number of benzene rings is 1. The molecule has 1 amide bonds. The predicted octanol–water partition coefficient (Wildman–Crippen LogP) is 3.07. The van der Waals surface area contributed by atoms with Gasteiger partial charge in [-0.2, -0.15) is 0 Å². The van der Waals surface area contributed by atoms with Crippen molar-refractivity contribution in [2.45, 2.75) is 12.6 Å². The predicted molar refractivity (Wildman–Crippen MR) is 93.6 cm³/mol. The molecule has 0 aliphatic carbocycles. The fourth-order valence-electron chi connectivity index (χ4n) is 2.17. The summed E-state index contributed by atoms with van der Waals surface area (Å²) in [6, 6.07) is 4.82. The number of carbonyl (C=O) groups excluding carboxylic acids is 1. The molecule has 1 aromatic carbocycles. The second kappa shape index (κ2) is 8.08. The molecule has 2 aromatic rings. The first kappa shape index (κ1) is 18.2. The molecule has 0 saturated heterocycles. The average molecular weight is 419 g/mol. The molecule has 5 nitrogen and oxygen atoms in total. The zero-order chi connectivity index (χ0) is 17.0. The molecule has 2 rings (SSSR count). The minimum Gasteiger partial charge on any atom is -0.394 e. The van der Waals surface area contributed by atoms with Gasteiger partial charge in [0.15, 0.2) is 0 Å². The molecule has 23 heavy (non-hydrogen) atoms. The second-order valence-electron chi connectivity index (χ2n) is 4.73. The summed E-state index contributed by atoms with van der Waals surface area (Å²) in [7, 11) is 0. The van der Waals surface area contributed by atoms with Gasteiger partial charge < -0.3 is 16.2 Å². The Balaban J connectivity index is 2.31. The van der Waals surface area contributed by atoms with Crippen LogP contribution in [0.1, 0.15) is 27.5 Å². The van der Waals surface area contributed by atoms with Crippen LogP contribution in [0.4, 0.5) is 0 Å². The van der Waals surface area contributed by atoms with Crippen LogP contribution in [0.5, 0.6) is 0 Å². The number of rotatable bonds is 5. The van der Waals surface area contributed by atoms with Gasteiger partial charge in [-0.25, -0.2) is 0 Å². The molecule has 1 atom stereocenters. The molecule has 0 aliphatic heterocycles. The number of nitrogens with zero attached hydrogens (tertiary/aromatic N) is 1. The van der Waals surface area contributed by atoms with Crippen molar-refractivity contribution >= 4 is 45.0 Å². The fourth-order valence-corrected chi connectivity index (χ4v) is 3.12. The van der Waals surface area contributed by atoms with Crippen molar-refractivity contribution < 1.29 is 9.90 Å². The molecule has 8 heteroatoms. The third kappa shape index (κ3) is 4.22. The van der Waals surface area contributed by atoms with E-state index in [0.717, 1.165) is 15.6 Å². The molecular weight excluding hydrogens is 405 g/mol. The summed E-state index contributed by atoms with van der Waals surface area (Å²) in [4.78, 5) is 16.2. The quantitative estimate of drug-likeness (QED) is 0.696. The number of pyridine rings is 1. The second-order valence-corrected chi connectivity index (χ2v) is 6.46. The molecule has 1 unspecified atom stereocenters. The summed E-state index contributed by atoms with van der Waals surface area (Å²) in [6.07, 6.45) is 2.67. The van der Waals surface area contributed by atoms with Crippen molar-refractivity contribution in [3.05, 3.63) is 61.8 Å². The summed E-state index contributed by atoms with van der Waals surface area (Å²) in [5, 5.41) is 12.7. The minimum atomic E-state index is -0.630. The van der Waals surface area contributed by atoms with Crippen LogP contribution in [-0.4, -0.2) is 22.6 Å². The Hall–Kier alpha value is -1.18. The van der Waals surface area contributed by atoms with Crippen molar-refractivity contribution in [3.8, 4) is 0 Å². The topological polar surface area (TPSA) is 88.2 Å². The van der Waals surface area contributed by atoms with E-state index in [4.69, 9.17) is 28.9 Å². The number of hydrogen-bond acceptors (Lipinski definition) is 4. The Morgan fingerprint density at radius 1 is 1.35 bits per heavy atom. The minimum absolute atomic E-state index is 0.119. The third-order valence-corrected chi connectivity index (χ3v) is 4.34. The number of nitrogens with one attached hydrogen (secondary N) is 1. The highest BCUT2D eigenvalue weighted by Crippen LogP contribution is 2.26. The maximum atomic E-state index is 12.4. The van der Waals surface area contributed by atoms with Gasteiger partial charge in [0.05, 0.1) is 28.3 Å². The van der Waals surface area contributed by atoms with Gasteiger partial charge in [0.1, 0.15) is 0 Å². The Morgan fingerprint density at radius 2 is 2.00 bits per heavy atom. The van der Waals surface area contributed by atoms with Crippen LogP contribution in [0.25, 0.3) is 0 Å². The Bertz CT molecular complexity index is 708. The van der Waals surface area contributed by atoms with Crippen LogP contribution in [0, 0.1) is 0 Å². The van der Waals surface area contributed by atoms with Gasteiger partial charge in [0.2, 0.25) is 0 Å². The lowest BCUT2D eigenvalue weighted by Crippen LogP contribution is -2.32. The number of nitrogens with two attached hydrogens (primary N) is 1. The first-order chi connectivity index (χ1) is 11.0. The van der Waals surface area contributed by atoms with Gasteiger partial charge >= 0.3 is 0 Å². The zero-order valence-corrected chi connectivity index (χ0v) is 15.0. The fraction of sp³-hybridized carbons (Fsp3) is 0.200. The number of aliphatic hydroxyl groups excluding tert-OH is 1. The molecular formula is C15H14BrCl2N3O2. The molecule has 4 N–H and O–H groups in total. The molecule has 0 radical (unpaired) electrons. The molecule has 0 bridgehead atoms. The number of amides is 1. The highest BCUT2D eigenvalue weighted by Gasteiger charge is 2.21. The van der Waals surface area contributed by atoms with Crippen LogP contribution in [0.15, 0.2) is 35.1 Å². The SMILES string of the molecule is NCc1cc(Br)ccc1C(CO)NC(=O)c1c(Cl)cncc1Cl. The van der Waals surface area contributed by atoms with E-state index >= 15 is 0 Å². The highest BCUT2D eigenvalue weighted by molar-refractivity contribution is 9.10. The third-order valence-electron chi connectivity index (χ3n) is 3.27. The number of halogens is 3. The molecule has 0 fully saturated rings. The zero-order valence-electron chi connectivity index (χ0n) is 11.9. The van der Waals surface area contributed by atoms with E-state index in [-0.39, 0.29) is 28.8 Å². The van der Waals surface area contributed by atoms with Crippen LogP contribution >= 0.6 is 39.1 Å². The molecule has 1 aromatic heterocycles. The van der Waals surface area contributed by atoms with Crippen molar-refractivity contribution in [3.63, 3.8) is 0 Å². The van der Waals surface area contributed by atoms with E-state index < -0.39 is 11.9 Å². The summed E-state index contributed by atoms with van der Waals surface area (Å²) in [6.45, 7) is -0.0153. The summed E-state index contributed by atoms with van der Waals surface area (Å²) >= 11 is 15.3. The lowest BCUT2D eigenvalue weighted by atomic mass is 10.0. The Kier molecular flexibility index (Phi) is 6.38. The number of carbonyl (C=O) groups is 1. The van der Waals surface area contributed by atoms with Crippen molar-refractivity contribution in [1.82, 2.24) is 10.3 Å². The van der Waals surface area contributed by atoms with Crippen LogP contribution < -0.4 is 11.1 Å².